The fourth-order valence-corrected chi connectivity index (χ4v) is 3.88. The summed E-state index contributed by atoms with van der Waals surface area (Å²) in [5.41, 5.74) is 1.78. The minimum absolute atomic E-state index is 0.225. The number of aromatic nitrogens is 4. The highest BCUT2D eigenvalue weighted by Gasteiger charge is 2.21. The first kappa shape index (κ1) is 23.9. The first-order valence-electron chi connectivity index (χ1n) is 10.2. The maximum atomic E-state index is 11.9. The van der Waals surface area contributed by atoms with Crippen molar-refractivity contribution in [3.05, 3.63) is 48.1 Å². The van der Waals surface area contributed by atoms with Crippen molar-refractivity contribution < 1.29 is 14.3 Å². The van der Waals surface area contributed by atoms with Crippen molar-refractivity contribution >= 4 is 34.9 Å². The molecular weight excluding hydrogens is 448 g/mol. The van der Waals surface area contributed by atoms with E-state index in [4.69, 9.17) is 9.47 Å². The van der Waals surface area contributed by atoms with Gasteiger partial charge in [0, 0.05) is 43.2 Å². The number of hydrogen-bond acceptors (Lipinski definition) is 10. The molecule has 1 fully saturated rings. The summed E-state index contributed by atoms with van der Waals surface area (Å²) in [4.78, 5) is 29.0. The third kappa shape index (κ3) is 8.06. The zero-order valence-electron chi connectivity index (χ0n) is 18.0. The smallest absolute Gasteiger partial charge is 0.280 e. The maximum Gasteiger partial charge on any atom is 0.280 e. The maximum absolute atomic E-state index is 11.9. The van der Waals surface area contributed by atoms with Gasteiger partial charge in [0.2, 0.25) is 5.88 Å². The van der Waals surface area contributed by atoms with Crippen LogP contribution in [-0.2, 0) is 4.74 Å². The van der Waals surface area contributed by atoms with E-state index < -0.39 is 0 Å². The molecule has 3 aromatic rings. The standard InChI is InChI=1S/C13H16N4O3S.C8H10N2S/c1-3-20-11-8-14-6-9(17-11)10-7-16-13(21-10)12(18)15-4-5-19-2;1-2-8(1)11-10-7-3-5-9-6-4-7/h6-8H,3-5H2,1-2H3,(H,15,18);3-6,8H,1-2H2,(H,9,10). The monoisotopic (exact) mass is 474 g/mol. The number of hydrogen-bond donors (Lipinski definition) is 2. The van der Waals surface area contributed by atoms with Crippen LogP contribution in [0.1, 0.15) is 29.6 Å². The van der Waals surface area contributed by atoms with Gasteiger partial charge in [-0.05, 0) is 43.8 Å². The van der Waals surface area contributed by atoms with Crippen LogP contribution < -0.4 is 14.8 Å². The summed E-state index contributed by atoms with van der Waals surface area (Å²) < 4.78 is 13.5. The Hall–Kier alpha value is -2.76. The van der Waals surface area contributed by atoms with Crippen molar-refractivity contribution in [1.82, 2.24) is 25.3 Å². The highest BCUT2D eigenvalue weighted by molar-refractivity contribution is 8.01. The summed E-state index contributed by atoms with van der Waals surface area (Å²) in [7, 11) is 1.58. The number of anilines is 1. The molecule has 0 unspecified atom stereocenters. The molecule has 1 amide bonds. The first-order chi connectivity index (χ1) is 15.7. The van der Waals surface area contributed by atoms with E-state index >= 15 is 0 Å². The van der Waals surface area contributed by atoms with E-state index in [-0.39, 0.29) is 5.91 Å². The number of methoxy groups -OCH3 is 1. The fraction of sp³-hybridized carbons (Fsp3) is 0.381. The molecule has 32 heavy (non-hydrogen) atoms. The number of pyridine rings is 1. The zero-order chi connectivity index (χ0) is 22.6. The van der Waals surface area contributed by atoms with Gasteiger partial charge in [0.25, 0.3) is 5.91 Å². The largest absolute Gasteiger partial charge is 0.477 e. The second kappa shape index (κ2) is 12.9. The van der Waals surface area contributed by atoms with E-state index in [9.17, 15) is 4.79 Å². The fourth-order valence-electron chi connectivity index (χ4n) is 2.28. The molecule has 0 saturated heterocycles. The van der Waals surface area contributed by atoms with Crippen LogP contribution in [0.25, 0.3) is 10.6 Å². The van der Waals surface area contributed by atoms with Crippen LogP contribution in [0, 0.1) is 0 Å². The average molecular weight is 475 g/mol. The molecular formula is C21H26N6O3S2. The molecule has 4 rings (SSSR count). The Morgan fingerprint density at radius 2 is 2.03 bits per heavy atom. The van der Waals surface area contributed by atoms with Gasteiger partial charge in [-0.1, -0.05) is 0 Å². The van der Waals surface area contributed by atoms with Crippen molar-refractivity contribution in [3.8, 4) is 16.5 Å². The summed E-state index contributed by atoms with van der Waals surface area (Å²) >= 11 is 3.07. The number of amides is 1. The van der Waals surface area contributed by atoms with Crippen molar-refractivity contribution in [1.29, 1.82) is 0 Å². The minimum atomic E-state index is -0.225. The third-order valence-corrected chi connectivity index (χ3v) is 6.17. The molecule has 2 N–H and O–H groups in total. The zero-order valence-corrected chi connectivity index (χ0v) is 19.6. The van der Waals surface area contributed by atoms with Crippen LogP contribution in [0.3, 0.4) is 0 Å². The minimum Gasteiger partial charge on any atom is -0.477 e. The van der Waals surface area contributed by atoms with E-state index in [1.54, 1.807) is 38.1 Å². The normalized spacial score (nSPS) is 12.4. The molecule has 0 atom stereocenters. The number of rotatable bonds is 10. The van der Waals surface area contributed by atoms with Crippen LogP contribution in [0.2, 0.25) is 0 Å². The molecule has 11 heteroatoms. The predicted molar refractivity (Wildman–Crippen MR) is 127 cm³/mol. The molecule has 170 valence electrons. The van der Waals surface area contributed by atoms with Crippen LogP contribution in [0.15, 0.2) is 43.1 Å². The van der Waals surface area contributed by atoms with Gasteiger partial charge < -0.3 is 19.5 Å². The van der Waals surface area contributed by atoms with Gasteiger partial charge in [0.05, 0.1) is 30.5 Å². The van der Waals surface area contributed by atoms with E-state index in [2.05, 4.69) is 30.0 Å². The first-order valence-corrected chi connectivity index (χ1v) is 11.9. The Labute approximate surface area is 195 Å². The van der Waals surface area contributed by atoms with Gasteiger partial charge >= 0.3 is 0 Å². The SMILES string of the molecule is CCOc1cncc(-c2cnc(C(=O)NCCOC)s2)n1.c1cc(NSC2CC2)ccn1. The Bertz CT molecular complexity index is 969. The Morgan fingerprint density at radius 3 is 2.75 bits per heavy atom. The molecule has 1 aliphatic rings. The van der Waals surface area contributed by atoms with E-state index in [0.29, 0.717) is 36.3 Å². The third-order valence-electron chi connectivity index (χ3n) is 4.00. The lowest BCUT2D eigenvalue weighted by atomic mass is 10.4. The molecule has 3 aromatic heterocycles. The summed E-state index contributed by atoms with van der Waals surface area (Å²) in [6.45, 7) is 3.31. The Balaban J connectivity index is 0.000000219. The number of ether oxygens (including phenoxy) is 2. The number of nitrogens with zero attached hydrogens (tertiary/aromatic N) is 4. The topological polar surface area (TPSA) is 111 Å². The van der Waals surface area contributed by atoms with Crippen LogP contribution in [0.5, 0.6) is 5.88 Å². The Morgan fingerprint density at radius 1 is 1.22 bits per heavy atom. The quantitative estimate of drug-likeness (QED) is 0.336. The lowest BCUT2D eigenvalue weighted by molar-refractivity contribution is 0.0936. The highest BCUT2D eigenvalue weighted by atomic mass is 32.2. The molecule has 0 aromatic carbocycles. The number of nitrogens with one attached hydrogen (secondary N) is 2. The van der Waals surface area contributed by atoms with Gasteiger partial charge in [-0.25, -0.2) is 9.97 Å². The van der Waals surface area contributed by atoms with Crippen molar-refractivity contribution in [2.24, 2.45) is 0 Å². The average Bonchev–Trinajstić information content (AvgIpc) is 3.52. The number of thiazole rings is 1. The highest BCUT2D eigenvalue weighted by Crippen LogP contribution is 2.34. The van der Waals surface area contributed by atoms with Gasteiger partial charge in [0.1, 0.15) is 5.69 Å². The van der Waals surface area contributed by atoms with Gasteiger partial charge in [-0.3, -0.25) is 14.8 Å². The second-order valence-electron chi connectivity index (χ2n) is 6.61. The molecule has 1 saturated carbocycles. The number of carbonyl (C=O) groups is 1. The molecule has 9 nitrogen and oxygen atoms in total. The summed E-state index contributed by atoms with van der Waals surface area (Å²) in [5, 5.41) is 3.95. The van der Waals surface area contributed by atoms with Crippen molar-refractivity contribution in [2.75, 3.05) is 31.6 Å². The lowest BCUT2D eigenvalue weighted by Gasteiger charge is -2.02. The van der Waals surface area contributed by atoms with Crippen molar-refractivity contribution in [3.63, 3.8) is 0 Å². The molecule has 0 radical (unpaired) electrons. The van der Waals surface area contributed by atoms with E-state index in [0.717, 1.165) is 15.8 Å². The van der Waals surface area contributed by atoms with Crippen LogP contribution >= 0.6 is 23.3 Å². The van der Waals surface area contributed by atoms with Crippen molar-refractivity contribution in [2.45, 2.75) is 25.0 Å². The van der Waals surface area contributed by atoms with Crippen LogP contribution in [0.4, 0.5) is 5.69 Å². The van der Waals surface area contributed by atoms with Gasteiger partial charge in [-0.15, -0.1) is 11.3 Å². The molecule has 0 aliphatic heterocycles. The van der Waals surface area contributed by atoms with Gasteiger partial charge in [-0.2, -0.15) is 0 Å². The summed E-state index contributed by atoms with van der Waals surface area (Å²) in [5.74, 6) is 0.228. The van der Waals surface area contributed by atoms with Gasteiger partial charge in [0.15, 0.2) is 5.01 Å². The summed E-state index contributed by atoms with van der Waals surface area (Å²) in [6.07, 6.45) is 11.1. The molecule has 0 spiro atoms. The predicted octanol–water partition coefficient (Wildman–Crippen LogP) is 3.68. The molecule has 0 bridgehead atoms. The summed E-state index contributed by atoms with van der Waals surface area (Å²) in [6, 6.07) is 3.96. The second-order valence-corrected chi connectivity index (χ2v) is 8.75. The van der Waals surface area contributed by atoms with E-state index in [1.807, 2.05) is 31.0 Å². The molecule has 1 aliphatic carbocycles. The van der Waals surface area contributed by atoms with Crippen LogP contribution in [-0.4, -0.2) is 58.0 Å². The van der Waals surface area contributed by atoms with E-state index in [1.165, 1.54) is 24.2 Å². The Kier molecular flexibility index (Phi) is 9.66. The lowest BCUT2D eigenvalue weighted by Crippen LogP contribution is -2.26. The molecule has 3 heterocycles. The number of carbonyl (C=O) groups excluding carboxylic acids is 1.